The highest BCUT2D eigenvalue weighted by atomic mass is 16.5. The van der Waals surface area contributed by atoms with Gasteiger partial charge in [0.25, 0.3) is 0 Å². The summed E-state index contributed by atoms with van der Waals surface area (Å²) in [5.41, 5.74) is 0. The Bertz CT molecular complexity index is 348. The average molecular weight is 264 g/mol. The molecule has 0 aromatic heterocycles. The molecule has 4 rings (SSSR count). The minimum atomic E-state index is 0.507. The summed E-state index contributed by atoms with van der Waals surface area (Å²) in [5, 5.41) is 0. The van der Waals surface area contributed by atoms with E-state index in [1.54, 1.807) is 0 Å². The molecule has 0 amide bonds. The number of hydrogen-bond donors (Lipinski definition) is 0. The zero-order chi connectivity index (χ0) is 13.0. The molecule has 0 spiro atoms. The van der Waals surface area contributed by atoms with Crippen molar-refractivity contribution in [1.29, 1.82) is 0 Å². The highest BCUT2D eigenvalue weighted by Crippen LogP contribution is 2.41. The molecule has 4 bridgehead atoms. The largest absolute Gasteiger partial charge is 0.372 e. The second kappa shape index (κ2) is 4.71. The Morgan fingerprint density at radius 3 is 2.74 bits per heavy atom. The fourth-order valence-corrected chi connectivity index (χ4v) is 5.26. The first kappa shape index (κ1) is 12.6. The van der Waals surface area contributed by atoms with Crippen molar-refractivity contribution >= 4 is 0 Å². The molecule has 0 radical (unpaired) electrons. The summed E-state index contributed by atoms with van der Waals surface area (Å²) in [7, 11) is 0. The number of ether oxygens (including phenoxy) is 1. The quantitative estimate of drug-likeness (QED) is 0.773. The van der Waals surface area contributed by atoms with Crippen LogP contribution in [0.5, 0.6) is 0 Å². The Morgan fingerprint density at radius 2 is 2.11 bits per heavy atom. The van der Waals surface area contributed by atoms with Gasteiger partial charge in [-0.2, -0.15) is 0 Å². The molecular weight excluding hydrogens is 236 g/mol. The topological polar surface area (TPSA) is 15.7 Å². The lowest BCUT2D eigenvalue weighted by Gasteiger charge is -2.38. The number of morpholine rings is 1. The molecule has 3 heteroatoms. The minimum Gasteiger partial charge on any atom is -0.372 e. The molecule has 4 fully saturated rings. The third-order valence-corrected chi connectivity index (χ3v) is 6.21. The summed E-state index contributed by atoms with van der Waals surface area (Å²) in [4.78, 5) is 5.43. The predicted octanol–water partition coefficient (Wildman–Crippen LogP) is 2.11. The Morgan fingerprint density at radius 1 is 1.21 bits per heavy atom. The second-order valence-corrected chi connectivity index (χ2v) is 7.30. The number of likely N-dealkylation sites (N-methyl/N-ethyl adjacent to an activating group) is 1. The van der Waals surface area contributed by atoms with Gasteiger partial charge in [0, 0.05) is 31.2 Å². The van der Waals surface area contributed by atoms with E-state index in [1.807, 2.05) is 0 Å². The van der Waals surface area contributed by atoms with Gasteiger partial charge in [0.1, 0.15) is 0 Å². The fraction of sp³-hybridized carbons (Fsp3) is 1.00. The molecule has 3 aliphatic heterocycles. The lowest BCUT2D eigenvalue weighted by molar-refractivity contribution is -0.0475. The summed E-state index contributed by atoms with van der Waals surface area (Å²) in [6, 6.07) is 2.34. The number of fused-ring (bicyclic) bond motifs is 4. The monoisotopic (exact) mass is 264 g/mol. The van der Waals surface area contributed by atoms with E-state index in [0.717, 1.165) is 24.0 Å². The van der Waals surface area contributed by atoms with Gasteiger partial charge in [0.05, 0.1) is 12.2 Å². The van der Waals surface area contributed by atoms with Crippen LogP contribution in [-0.4, -0.2) is 59.8 Å². The van der Waals surface area contributed by atoms with Crippen LogP contribution in [0.15, 0.2) is 0 Å². The Balaban J connectivity index is 1.37. The normalized spacial score (nSPS) is 47.4. The van der Waals surface area contributed by atoms with Gasteiger partial charge in [0.15, 0.2) is 0 Å². The van der Waals surface area contributed by atoms with Crippen molar-refractivity contribution in [3.8, 4) is 0 Å². The Kier molecular flexibility index (Phi) is 3.13. The molecule has 3 nitrogen and oxygen atoms in total. The standard InChI is InChI=1S/C16H28N2O/c1-3-17-10-14-8-15(17)16(19-14)6-11(2)18-9-12-4-5-13(18)7-12/h11-16H,3-10H2,1-2H3. The molecular formula is C16H28N2O. The van der Waals surface area contributed by atoms with E-state index in [0.29, 0.717) is 12.2 Å². The van der Waals surface area contributed by atoms with Crippen molar-refractivity contribution in [1.82, 2.24) is 9.80 Å². The number of nitrogens with zero attached hydrogens (tertiary/aromatic N) is 2. The van der Waals surface area contributed by atoms with Crippen LogP contribution in [0.25, 0.3) is 0 Å². The Hall–Kier alpha value is -0.120. The van der Waals surface area contributed by atoms with E-state index in [9.17, 15) is 0 Å². The molecule has 0 aromatic rings. The highest BCUT2D eigenvalue weighted by molar-refractivity contribution is 5.00. The van der Waals surface area contributed by atoms with E-state index in [-0.39, 0.29) is 0 Å². The molecule has 1 saturated carbocycles. The minimum absolute atomic E-state index is 0.507. The van der Waals surface area contributed by atoms with Gasteiger partial charge in [-0.3, -0.25) is 9.80 Å². The van der Waals surface area contributed by atoms with Crippen LogP contribution in [-0.2, 0) is 4.74 Å². The third kappa shape index (κ3) is 2.05. The first-order valence-electron chi connectivity index (χ1n) is 8.39. The van der Waals surface area contributed by atoms with Crippen molar-refractivity contribution in [3.63, 3.8) is 0 Å². The fourth-order valence-electron chi connectivity index (χ4n) is 5.26. The van der Waals surface area contributed by atoms with Gasteiger partial charge in [-0.05, 0) is 51.5 Å². The van der Waals surface area contributed by atoms with E-state index < -0.39 is 0 Å². The molecule has 1 aliphatic carbocycles. The molecule has 3 saturated heterocycles. The zero-order valence-corrected chi connectivity index (χ0v) is 12.4. The van der Waals surface area contributed by atoms with Crippen LogP contribution < -0.4 is 0 Å². The molecule has 6 atom stereocenters. The molecule has 108 valence electrons. The SMILES string of the molecule is CCN1CC2CC1C(CC(C)N1CC3CCC1C3)O2. The summed E-state index contributed by atoms with van der Waals surface area (Å²) >= 11 is 0. The van der Waals surface area contributed by atoms with Gasteiger partial charge in [-0.1, -0.05) is 6.92 Å². The van der Waals surface area contributed by atoms with Crippen LogP contribution in [0.3, 0.4) is 0 Å². The van der Waals surface area contributed by atoms with Crippen molar-refractivity contribution in [3.05, 3.63) is 0 Å². The van der Waals surface area contributed by atoms with Crippen LogP contribution in [0.2, 0.25) is 0 Å². The first-order valence-corrected chi connectivity index (χ1v) is 8.39. The number of rotatable bonds is 4. The molecule has 4 aliphatic rings. The smallest absolute Gasteiger partial charge is 0.0750 e. The van der Waals surface area contributed by atoms with Gasteiger partial charge >= 0.3 is 0 Å². The van der Waals surface area contributed by atoms with Crippen LogP contribution in [0, 0.1) is 5.92 Å². The van der Waals surface area contributed by atoms with Crippen LogP contribution >= 0.6 is 0 Å². The molecule has 19 heavy (non-hydrogen) atoms. The van der Waals surface area contributed by atoms with E-state index >= 15 is 0 Å². The summed E-state index contributed by atoms with van der Waals surface area (Å²) < 4.78 is 6.23. The van der Waals surface area contributed by atoms with Gasteiger partial charge in [-0.15, -0.1) is 0 Å². The summed E-state index contributed by atoms with van der Waals surface area (Å²) in [5.74, 6) is 1.01. The highest BCUT2D eigenvalue weighted by Gasteiger charge is 2.47. The first-order chi connectivity index (χ1) is 9.24. The molecule has 0 N–H and O–H groups in total. The summed E-state index contributed by atoms with van der Waals surface area (Å²) in [6.45, 7) is 8.47. The number of likely N-dealkylation sites (tertiary alicyclic amines) is 2. The maximum absolute atomic E-state index is 6.23. The van der Waals surface area contributed by atoms with Crippen molar-refractivity contribution < 1.29 is 4.74 Å². The second-order valence-electron chi connectivity index (χ2n) is 7.30. The van der Waals surface area contributed by atoms with Gasteiger partial charge in [0.2, 0.25) is 0 Å². The number of hydrogen-bond acceptors (Lipinski definition) is 3. The lowest BCUT2D eigenvalue weighted by Crippen LogP contribution is -2.47. The molecule has 3 heterocycles. The van der Waals surface area contributed by atoms with Gasteiger partial charge < -0.3 is 4.74 Å². The average Bonchev–Trinajstić information content (AvgIpc) is 3.17. The third-order valence-electron chi connectivity index (χ3n) is 6.21. The molecule has 0 aromatic carbocycles. The number of piperidine rings is 1. The van der Waals surface area contributed by atoms with Crippen molar-refractivity contribution in [2.45, 2.75) is 76.3 Å². The van der Waals surface area contributed by atoms with E-state index in [1.165, 1.54) is 51.7 Å². The van der Waals surface area contributed by atoms with Crippen molar-refractivity contribution in [2.75, 3.05) is 19.6 Å². The van der Waals surface area contributed by atoms with Crippen LogP contribution in [0.4, 0.5) is 0 Å². The summed E-state index contributed by atoms with van der Waals surface area (Å²) in [6.07, 6.45) is 8.00. The molecule has 6 unspecified atom stereocenters. The van der Waals surface area contributed by atoms with Crippen molar-refractivity contribution in [2.24, 2.45) is 5.92 Å². The lowest BCUT2D eigenvalue weighted by atomic mass is 10.0. The maximum Gasteiger partial charge on any atom is 0.0750 e. The Labute approximate surface area is 117 Å². The van der Waals surface area contributed by atoms with Crippen LogP contribution in [0.1, 0.15) is 46.0 Å². The maximum atomic E-state index is 6.23. The van der Waals surface area contributed by atoms with E-state index in [4.69, 9.17) is 4.74 Å². The van der Waals surface area contributed by atoms with E-state index in [2.05, 4.69) is 23.6 Å². The zero-order valence-electron chi connectivity index (χ0n) is 12.4. The predicted molar refractivity (Wildman–Crippen MR) is 76.2 cm³/mol. The van der Waals surface area contributed by atoms with Gasteiger partial charge in [-0.25, -0.2) is 0 Å².